The van der Waals surface area contributed by atoms with Crippen molar-refractivity contribution in [2.24, 2.45) is 0 Å². The molecule has 0 heterocycles. The van der Waals surface area contributed by atoms with E-state index in [0.29, 0.717) is 24.3 Å². The molecule has 0 saturated carbocycles. The molecule has 3 rings (SSSR count). The Balaban J connectivity index is 2.36. The standard InChI is InChI=1S/C26H8F16O4/c27-13-15(29)26(46-24(42)20(37)38,10-3-7-12(8-4-10)44-22(40)18(33)34)16(30)14(28)25(13,45-23(41)19(35)36)9-1-5-11(6-2-9)43-21(39)17(31)32/h1-8H. The van der Waals surface area contributed by atoms with Crippen LogP contribution >= 0.6 is 0 Å². The van der Waals surface area contributed by atoms with Crippen LogP contribution in [0, 0.1) is 0 Å². The normalized spacial score (nSPS) is 19.3. The smallest absolute Gasteiger partial charge is 0.344 e. The maximum Gasteiger partial charge on any atom is 0.344 e. The molecule has 4 nitrogen and oxygen atoms in total. The van der Waals surface area contributed by atoms with Crippen molar-refractivity contribution in [2.75, 3.05) is 0 Å². The minimum Gasteiger partial charge on any atom is -0.440 e. The minimum absolute atomic E-state index is 0.204. The summed E-state index contributed by atoms with van der Waals surface area (Å²) in [6, 6.07) is -9.29. The second-order valence-corrected chi connectivity index (χ2v) is 8.21. The Hall–Kier alpha value is -5.04. The van der Waals surface area contributed by atoms with Crippen LogP contribution in [0.2, 0.25) is 0 Å². The third kappa shape index (κ3) is 6.50. The number of rotatable bonds is 10. The molecule has 0 amide bonds. The van der Waals surface area contributed by atoms with Gasteiger partial charge in [-0.2, -0.15) is 52.7 Å². The molecule has 0 aliphatic heterocycles. The molecular formula is C26H8F16O4. The van der Waals surface area contributed by atoms with Gasteiger partial charge in [-0.15, -0.1) is 0 Å². The predicted molar refractivity (Wildman–Crippen MR) is 120 cm³/mol. The summed E-state index contributed by atoms with van der Waals surface area (Å²) in [4.78, 5) is 0. The molecule has 2 aromatic rings. The Labute approximate surface area is 244 Å². The number of hydrogen-bond donors (Lipinski definition) is 0. The van der Waals surface area contributed by atoms with Crippen LogP contribution in [0.3, 0.4) is 0 Å². The molecule has 1 aliphatic rings. The fourth-order valence-corrected chi connectivity index (χ4v) is 3.76. The average molecular weight is 688 g/mol. The Morgan fingerprint density at radius 3 is 0.826 bits per heavy atom. The molecule has 248 valence electrons. The van der Waals surface area contributed by atoms with Gasteiger partial charge in [-0.05, 0) is 24.3 Å². The first kappa shape index (κ1) is 35.4. The summed E-state index contributed by atoms with van der Waals surface area (Å²) in [6.45, 7) is 0. The lowest BCUT2D eigenvalue weighted by Crippen LogP contribution is -2.44. The number of benzene rings is 2. The first-order chi connectivity index (χ1) is 21.4. The Kier molecular flexibility index (Phi) is 10.4. The Morgan fingerprint density at radius 2 is 0.609 bits per heavy atom. The van der Waals surface area contributed by atoms with Crippen LogP contribution in [0.1, 0.15) is 11.1 Å². The first-order valence-electron chi connectivity index (χ1n) is 11.3. The highest BCUT2D eigenvalue weighted by Crippen LogP contribution is 2.59. The van der Waals surface area contributed by atoms with E-state index in [1.54, 1.807) is 0 Å². The van der Waals surface area contributed by atoms with Crippen LogP contribution in [0.25, 0.3) is 0 Å². The molecule has 0 atom stereocenters. The van der Waals surface area contributed by atoms with E-state index in [-0.39, 0.29) is 24.3 Å². The summed E-state index contributed by atoms with van der Waals surface area (Å²) in [5.41, 5.74) is -11.8. The first-order valence-corrected chi connectivity index (χ1v) is 11.3. The molecule has 46 heavy (non-hydrogen) atoms. The summed E-state index contributed by atoms with van der Waals surface area (Å²) in [5, 5.41) is 0. The lowest BCUT2D eigenvalue weighted by atomic mass is 9.77. The summed E-state index contributed by atoms with van der Waals surface area (Å²) in [6.07, 6.45) is -13.0. The molecule has 0 unspecified atom stereocenters. The fraction of sp³-hybridized carbons (Fsp3) is 0.0769. The highest BCUT2D eigenvalue weighted by atomic mass is 19.3. The summed E-state index contributed by atoms with van der Waals surface area (Å²) in [7, 11) is 0. The third-order valence-corrected chi connectivity index (χ3v) is 5.64. The number of hydrogen-bond acceptors (Lipinski definition) is 4. The van der Waals surface area contributed by atoms with Gasteiger partial charge in [0.2, 0.25) is 11.2 Å². The Morgan fingerprint density at radius 1 is 0.370 bits per heavy atom. The minimum atomic E-state index is -4.46. The van der Waals surface area contributed by atoms with Gasteiger partial charge in [-0.1, -0.05) is 24.3 Å². The molecule has 0 aromatic heterocycles. The molecule has 0 spiro atoms. The van der Waals surface area contributed by atoms with Crippen LogP contribution in [0.5, 0.6) is 11.5 Å². The maximum atomic E-state index is 16.0. The van der Waals surface area contributed by atoms with Crippen LogP contribution in [-0.4, -0.2) is 0 Å². The van der Waals surface area contributed by atoms with Crippen molar-refractivity contribution < 1.29 is 89.2 Å². The van der Waals surface area contributed by atoms with E-state index in [2.05, 4.69) is 18.9 Å². The molecule has 0 N–H and O–H groups in total. The highest BCUT2D eigenvalue weighted by molar-refractivity contribution is 5.54. The van der Waals surface area contributed by atoms with Gasteiger partial charge in [0.05, 0.1) is 0 Å². The van der Waals surface area contributed by atoms with Crippen molar-refractivity contribution in [3.05, 3.63) is 131 Å². The van der Waals surface area contributed by atoms with Crippen LogP contribution in [0.15, 0.2) is 120 Å². The molecule has 1 aliphatic carbocycles. The van der Waals surface area contributed by atoms with Crippen molar-refractivity contribution >= 4 is 0 Å². The van der Waals surface area contributed by atoms with Gasteiger partial charge in [0.15, 0.2) is 23.3 Å². The van der Waals surface area contributed by atoms with E-state index in [1.807, 2.05) is 0 Å². The van der Waals surface area contributed by atoms with Gasteiger partial charge < -0.3 is 18.9 Å². The molecule has 0 bridgehead atoms. The molecule has 20 heteroatoms. The monoisotopic (exact) mass is 688 g/mol. The van der Waals surface area contributed by atoms with Gasteiger partial charge in [0.25, 0.3) is 0 Å². The average Bonchev–Trinajstić information content (AvgIpc) is 3.00. The Bertz CT molecular complexity index is 1530. The highest BCUT2D eigenvalue weighted by Gasteiger charge is 2.63. The van der Waals surface area contributed by atoms with E-state index in [1.165, 1.54) is 0 Å². The van der Waals surface area contributed by atoms with Gasteiger partial charge in [-0.25, -0.2) is 17.6 Å². The van der Waals surface area contributed by atoms with Crippen LogP contribution < -0.4 is 9.47 Å². The van der Waals surface area contributed by atoms with E-state index < -0.39 is 106 Å². The number of ether oxygens (including phenoxy) is 4. The SMILES string of the molecule is FC(F)=C(F)Oc1ccc(C2(OC(F)=C(F)F)C(F)=C(F)C(OC(F)=C(F)F)(c3ccc(OC(F)=C(F)F)cc3)C(F)=C2F)cc1. The summed E-state index contributed by atoms with van der Waals surface area (Å²) in [5.74, 6) is -14.0. The summed E-state index contributed by atoms with van der Waals surface area (Å²) < 4.78 is 235. The number of halogens is 16. The zero-order chi connectivity index (χ0) is 34.7. The zero-order valence-electron chi connectivity index (χ0n) is 21.3. The van der Waals surface area contributed by atoms with E-state index >= 15 is 17.6 Å². The third-order valence-electron chi connectivity index (χ3n) is 5.64. The van der Waals surface area contributed by atoms with E-state index in [0.717, 1.165) is 0 Å². The van der Waals surface area contributed by atoms with Crippen molar-refractivity contribution in [1.29, 1.82) is 0 Å². The quantitative estimate of drug-likeness (QED) is 0.184. The molecule has 0 saturated heterocycles. The van der Waals surface area contributed by atoms with Gasteiger partial charge >= 0.3 is 48.4 Å². The van der Waals surface area contributed by atoms with E-state index in [9.17, 15) is 52.7 Å². The molecular weight excluding hydrogens is 680 g/mol. The van der Waals surface area contributed by atoms with E-state index in [4.69, 9.17) is 0 Å². The van der Waals surface area contributed by atoms with Crippen LogP contribution in [-0.2, 0) is 20.7 Å². The largest absolute Gasteiger partial charge is 0.440 e. The molecule has 0 fully saturated rings. The van der Waals surface area contributed by atoms with Crippen molar-refractivity contribution in [3.8, 4) is 11.5 Å². The zero-order valence-corrected chi connectivity index (χ0v) is 21.3. The fourth-order valence-electron chi connectivity index (χ4n) is 3.76. The summed E-state index contributed by atoms with van der Waals surface area (Å²) >= 11 is 0. The van der Waals surface area contributed by atoms with Crippen LogP contribution in [0.4, 0.5) is 70.2 Å². The lowest BCUT2D eigenvalue weighted by molar-refractivity contribution is -0.0667. The molecule has 2 aromatic carbocycles. The second kappa shape index (κ2) is 13.5. The molecule has 0 radical (unpaired) electrons. The predicted octanol–water partition coefficient (Wildman–Crippen LogP) is 11.0. The van der Waals surface area contributed by atoms with Gasteiger partial charge in [0.1, 0.15) is 11.5 Å². The van der Waals surface area contributed by atoms with Gasteiger partial charge in [0, 0.05) is 11.1 Å². The van der Waals surface area contributed by atoms with Gasteiger partial charge in [-0.3, -0.25) is 0 Å². The van der Waals surface area contributed by atoms with Crippen molar-refractivity contribution in [3.63, 3.8) is 0 Å². The van der Waals surface area contributed by atoms with Crippen molar-refractivity contribution in [2.45, 2.75) is 11.2 Å². The second-order valence-electron chi connectivity index (χ2n) is 8.21. The topological polar surface area (TPSA) is 36.9 Å². The maximum absolute atomic E-state index is 16.0. The van der Waals surface area contributed by atoms with Crippen molar-refractivity contribution in [1.82, 2.24) is 0 Å². The lowest BCUT2D eigenvalue weighted by Gasteiger charge is -2.40.